The van der Waals surface area contributed by atoms with E-state index in [9.17, 15) is 14.4 Å². The van der Waals surface area contributed by atoms with Crippen molar-refractivity contribution in [3.05, 3.63) is 23.7 Å². The van der Waals surface area contributed by atoms with Crippen LogP contribution in [0.2, 0.25) is 0 Å². The number of hydrogen-bond donors (Lipinski definition) is 3. The number of urea groups is 1. The summed E-state index contributed by atoms with van der Waals surface area (Å²) in [4.78, 5) is 37.0. The van der Waals surface area contributed by atoms with Crippen LogP contribution in [0.4, 0.5) is 4.79 Å². The highest BCUT2D eigenvalue weighted by Crippen LogP contribution is 2.12. The summed E-state index contributed by atoms with van der Waals surface area (Å²) in [7, 11) is 0. The predicted octanol–water partition coefficient (Wildman–Crippen LogP) is 0.628. The van der Waals surface area contributed by atoms with Crippen molar-refractivity contribution in [2.45, 2.75) is 32.7 Å². The van der Waals surface area contributed by atoms with E-state index in [-0.39, 0.29) is 24.4 Å². The van der Waals surface area contributed by atoms with E-state index in [0.29, 0.717) is 31.2 Å². The molecule has 1 aromatic heterocycles. The molecule has 132 valence electrons. The van der Waals surface area contributed by atoms with Crippen molar-refractivity contribution in [3.63, 3.8) is 0 Å². The minimum absolute atomic E-state index is 0.0607. The van der Waals surface area contributed by atoms with E-state index in [1.807, 2.05) is 4.90 Å². The van der Waals surface area contributed by atoms with Gasteiger partial charge in [0.15, 0.2) is 5.76 Å². The van der Waals surface area contributed by atoms with Crippen LogP contribution in [-0.4, -0.2) is 55.0 Å². The van der Waals surface area contributed by atoms with Crippen LogP contribution < -0.4 is 16.0 Å². The highest BCUT2D eigenvalue weighted by atomic mass is 16.3. The Morgan fingerprint density at radius 2 is 1.96 bits per heavy atom. The normalized spacial score (nSPS) is 15.8. The van der Waals surface area contributed by atoms with Crippen molar-refractivity contribution >= 4 is 17.8 Å². The lowest BCUT2D eigenvalue weighted by Gasteiger charge is -2.31. The topological polar surface area (TPSA) is 104 Å². The third-order valence-corrected chi connectivity index (χ3v) is 3.84. The standard InChI is InChI=1S/C16H24N4O4/c1-3-17-16(23)19-14(21)10-20-8-6-12(7-9-20)18-15(22)13-5-4-11(2)24-13/h4-5,12H,3,6-10H2,1-2H3,(H,18,22)(H2,17,19,21,23). The molecule has 0 aromatic carbocycles. The SMILES string of the molecule is CCNC(=O)NC(=O)CN1CCC(NC(=O)c2ccc(C)o2)CC1. The molecule has 0 saturated carbocycles. The number of carbonyl (C=O) groups excluding carboxylic acids is 3. The number of piperidine rings is 1. The summed E-state index contributed by atoms with van der Waals surface area (Å²) in [5, 5.41) is 7.74. The number of aryl methyl sites for hydroxylation is 1. The molecule has 1 saturated heterocycles. The molecule has 8 heteroatoms. The van der Waals surface area contributed by atoms with Gasteiger partial charge in [-0.1, -0.05) is 0 Å². The molecule has 0 bridgehead atoms. The van der Waals surface area contributed by atoms with Crippen LogP contribution in [0.25, 0.3) is 0 Å². The van der Waals surface area contributed by atoms with Gasteiger partial charge in [-0.05, 0) is 38.8 Å². The van der Waals surface area contributed by atoms with Gasteiger partial charge < -0.3 is 15.1 Å². The Kier molecular flexibility index (Phi) is 6.36. The highest BCUT2D eigenvalue weighted by Gasteiger charge is 2.23. The molecule has 1 aliphatic heterocycles. The van der Waals surface area contributed by atoms with Gasteiger partial charge in [0.05, 0.1) is 6.54 Å². The predicted molar refractivity (Wildman–Crippen MR) is 87.6 cm³/mol. The Labute approximate surface area is 140 Å². The third-order valence-electron chi connectivity index (χ3n) is 3.84. The molecule has 0 spiro atoms. The first-order valence-electron chi connectivity index (χ1n) is 8.15. The smallest absolute Gasteiger partial charge is 0.321 e. The number of imide groups is 1. The summed E-state index contributed by atoms with van der Waals surface area (Å²) in [6, 6.07) is 3.00. The van der Waals surface area contributed by atoms with Gasteiger partial charge in [-0.2, -0.15) is 0 Å². The fourth-order valence-electron chi connectivity index (χ4n) is 2.62. The maximum Gasteiger partial charge on any atom is 0.321 e. The van der Waals surface area contributed by atoms with E-state index >= 15 is 0 Å². The molecule has 1 fully saturated rings. The molecule has 8 nitrogen and oxygen atoms in total. The second-order valence-electron chi connectivity index (χ2n) is 5.84. The van der Waals surface area contributed by atoms with Crippen LogP contribution in [0.15, 0.2) is 16.5 Å². The Morgan fingerprint density at radius 3 is 2.54 bits per heavy atom. The monoisotopic (exact) mass is 336 g/mol. The molecule has 2 rings (SSSR count). The molecule has 3 N–H and O–H groups in total. The van der Waals surface area contributed by atoms with E-state index in [2.05, 4.69) is 16.0 Å². The molecule has 0 unspecified atom stereocenters. The molecule has 2 heterocycles. The highest BCUT2D eigenvalue weighted by molar-refractivity contribution is 5.95. The van der Waals surface area contributed by atoms with E-state index in [0.717, 1.165) is 12.8 Å². The van der Waals surface area contributed by atoms with E-state index in [1.165, 1.54) is 0 Å². The van der Waals surface area contributed by atoms with Crippen LogP contribution in [0.3, 0.4) is 0 Å². The number of nitrogens with one attached hydrogen (secondary N) is 3. The first-order valence-corrected chi connectivity index (χ1v) is 8.15. The first-order chi connectivity index (χ1) is 11.5. The largest absolute Gasteiger partial charge is 0.456 e. The minimum atomic E-state index is -0.474. The van der Waals surface area contributed by atoms with Crippen LogP contribution in [-0.2, 0) is 4.79 Å². The van der Waals surface area contributed by atoms with Gasteiger partial charge in [0.25, 0.3) is 5.91 Å². The molecule has 4 amide bonds. The fraction of sp³-hybridized carbons (Fsp3) is 0.562. The lowest BCUT2D eigenvalue weighted by Crippen LogP contribution is -2.49. The number of likely N-dealkylation sites (tertiary alicyclic amines) is 1. The summed E-state index contributed by atoms with van der Waals surface area (Å²) in [6.45, 7) is 5.60. The molecule has 0 atom stereocenters. The van der Waals surface area contributed by atoms with Crippen LogP contribution in [0.5, 0.6) is 0 Å². The zero-order valence-electron chi connectivity index (χ0n) is 14.1. The molecule has 0 aliphatic carbocycles. The third kappa shape index (κ3) is 5.38. The number of nitrogens with zero attached hydrogens (tertiary/aromatic N) is 1. The number of amides is 4. The van der Waals surface area contributed by atoms with E-state index in [1.54, 1.807) is 26.0 Å². The Balaban J connectivity index is 1.70. The van der Waals surface area contributed by atoms with Crippen LogP contribution in [0.1, 0.15) is 36.1 Å². The van der Waals surface area contributed by atoms with Gasteiger partial charge in [0, 0.05) is 25.7 Å². The van der Waals surface area contributed by atoms with Gasteiger partial charge in [-0.25, -0.2) is 4.79 Å². The summed E-state index contributed by atoms with van der Waals surface area (Å²) < 4.78 is 5.30. The average molecular weight is 336 g/mol. The fourth-order valence-corrected chi connectivity index (χ4v) is 2.62. The number of rotatable bonds is 5. The van der Waals surface area contributed by atoms with E-state index < -0.39 is 6.03 Å². The number of carbonyl (C=O) groups is 3. The Bertz CT molecular complexity index is 591. The van der Waals surface area contributed by atoms with Gasteiger partial charge in [-0.15, -0.1) is 0 Å². The number of furan rings is 1. The molecule has 1 aliphatic rings. The Hall–Kier alpha value is -2.35. The maximum atomic E-state index is 12.0. The lowest BCUT2D eigenvalue weighted by molar-refractivity contribution is -0.121. The van der Waals surface area contributed by atoms with Crippen molar-refractivity contribution < 1.29 is 18.8 Å². The Morgan fingerprint density at radius 1 is 1.25 bits per heavy atom. The lowest BCUT2D eigenvalue weighted by atomic mass is 10.0. The van der Waals surface area contributed by atoms with Gasteiger partial charge in [-0.3, -0.25) is 19.8 Å². The van der Waals surface area contributed by atoms with Crippen LogP contribution >= 0.6 is 0 Å². The van der Waals surface area contributed by atoms with Crippen molar-refractivity contribution in [1.82, 2.24) is 20.9 Å². The molecular formula is C16H24N4O4. The van der Waals surface area contributed by atoms with Gasteiger partial charge >= 0.3 is 6.03 Å². The summed E-state index contributed by atoms with van der Waals surface area (Å²) in [5.74, 6) is 0.481. The maximum absolute atomic E-state index is 12.0. The summed E-state index contributed by atoms with van der Waals surface area (Å²) >= 11 is 0. The summed E-state index contributed by atoms with van der Waals surface area (Å²) in [5.41, 5.74) is 0. The van der Waals surface area contributed by atoms with Gasteiger partial charge in [0.2, 0.25) is 5.91 Å². The summed E-state index contributed by atoms with van der Waals surface area (Å²) in [6.07, 6.45) is 1.50. The van der Waals surface area contributed by atoms with Crippen molar-refractivity contribution in [3.8, 4) is 0 Å². The van der Waals surface area contributed by atoms with Gasteiger partial charge in [0.1, 0.15) is 5.76 Å². The molecule has 0 radical (unpaired) electrons. The average Bonchev–Trinajstić information content (AvgIpc) is 2.96. The molecule has 24 heavy (non-hydrogen) atoms. The molecular weight excluding hydrogens is 312 g/mol. The number of hydrogen-bond acceptors (Lipinski definition) is 5. The minimum Gasteiger partial charge on any atom is -0.456 e. The quantitative estimate of drug-likeness (QED) is 0.732. The zero-order chi connectivity index (χ0) is 17.5. The van der Waals surface area contributed by atoms with Crippen molar-refractivity contribution in [2.24, 2.45) is 0 Å². The van der Waals surface area contributed by atoms with Crippen molar-refractivity contribution in [2.75, 3.05) is 26.2 Å². The zero-order valence-corrected chi connectivity index (χ0v) is 14.1. The van der Waals surface area contributed by atoms with E-state index in [4.69, 9.17) is 4.42 Å². The second-order valence-corrected chi connectivity index (χ2v) is 5.84. The second kappa shape index (κ2) is 8.49. The van der Waals surface area contributed by atoms with Crippen molar-refractivity contribution in [1.29, 1.82) is 0 Å². The van der Waals surface area contributed by atoms with Crippen LogP contribution in [0, 0.1) is 6.92 Å². The molecule has 1 aromatic rings. The first kappa shape index (κ1) is 18.0.